The smallest absolute Gasteiger partial charge is 0.339 e. The van der Waals surface area contributed by atoms with Gasteiger partial charge in [0, 0.05) is 47.2 Å². The Morgan fingerprint density at radius 2 is 1.40 bits per heavy atom. The average Bonchev–Trinajstić information content (AvgIpc) is 3.57. The Bertz CT molecular complexity index is 2240. The summed E-state index contributed by atoms with van der Waals surface area (Å²) in [5.74, 6) is -1.55. The number of carbonyl (C=O) groups excluding carboxylic acids is 1. The minimum Gasteiger partial charge on any atom is -0.478 e. The third kappa shape index (κ3) is 5.09. The highest BCUT2D eigenvalue weighted by Gasteiger charge is 2.37. The molecule has 2 heterocycles. The molecule has 6 aromatic rings. The Morgan fingerprint density at radius 3 is 2.21 bits per heavy atom. The van der Waals surface area contributed by atoms with Crippen molar-refractivity contribution in [2.75, 3.05) is 0 Å². The van der Waals surface area contributed by atoms with Crippen LogP contribution < -0.4 is 0 Å². The number of carboxylic acid groups (broad SMARTS) is 1. The van der Waals surface area contributed by atoms with Crippen molar-refractivity contribution < 1.29 is 23.8 Å². The van der Waals surface area contributed by atoms with E-state index in [1.165, 1.54) is 17.3 Å². The number of aryl methyl sites for hydroxylation is 1. The van der Waals surface area contributed by atoms with Gasteiger partial charge in [-0.1, -0.05) is 66.7 Å². The molecule has 7 heteroatoms. The van der Waals surface area contributed by atoms with Gasteiger partial charge < -0.3 is 19.0 Å². The van der Waals surface area contributed by atoms with Gasteiger partial charge in [0.1, 0.15) is 11.4 Å². The first-order valence-electron chi connectivity index (χ1n) is 16.8. The molecule has 8 rings (SSSR count). The Morgan fingerprint density at radius 1 is 0.750 bits per heavy atom. The summed E-state index contributed by atoms with van der Waals surface area (Å²) < 4.78 is 26.1. The van der Waals surface area contributed by atoms with Crippen molar-refractivity contribution in [3.8, 4) is 0 Å². The molecule has 0 saturated heterocycles. The number of esters is 1. The maximum Gasteiger partial charge on any atom is 0.339 e. The summed E-state index contributed by atoms with van der Waals surface area (Å²) in [7, 11) is 0. The molecule has 242 valence electrons. The first-order chi connectivity index (χ1) is 23.3. The lowest BCUT2D eigenvalue weighted by molar-refractivity contribution is -0.0160. The molecule has 0 amide bonds. The number of rotatable bonds is 7. The molecular formula is C41H37FN2O4. The Kier molecular flexibility index (Phi) is 7.43. The predicted octanol–water partition coefficient (Wildman–Crippen LogP) is 8.51. The number of halogens is 1. The number of nitrogens with zero attached hydrogens (tertiary/aromatic N) is 2. The van der Waals surface area contributed by atoms with Gasteiger partial charge in [0.25, 0.3) is 0 Å². The lowest BCUT2D eigenvalue weighted by Gasteiger charge is -2.34. The van der Waals surface area contributed by atoms with Crippen molar-refractivity contribution in [3.05, 3.63) is 142 Å². The van der Waals surface area contributed by atoms with Gasteiger partial charge in [-0.3, -0.25) is 0 Å². The summed E-state index contributed by atoms with van der Waals surface area (Å²) in [6.45, 7) is 2.85. The van der Waals surface area contributed by atoms with Crippen molar-refractivity contribution in [1.29, 1.82) is 0 Å². The summed E-state index contributed by atoms with van der Waals surface area (Å²) in [4.78, 5) is 26.0. The number of benzene rings is 4. The third-order valence-electron chi connectivity index (χ3n) is 10.5. The van der Waals surface area contributed by atoms with Gasteiger partial charge in [-0.2, -0.15) is 0 Å². The van der Waals surface area contributed by atoms with Crippen LogP contribution >= 0.6 is 0 Å². The molecule has 2 aliphatic carbocycles. The highest BCUT2D eigenvalue weighted by molar-refractivity contribution is 5.93. The van der Waals surface area contributed by atoms with E-state index in [1.54, 1.807) is 18.2 Å². The topological polar surface area (TPSA) is 73.5 Å². The molecule has 6 nitrogen and oxygen atoms in total. The lowest BCUT2D eigenvalue weighted by atomic mass is 9.83. The highest BCUT2D eigenvalue weighted by Crippen LogP contribution is 2.39. The van der Waals surface area contributed by atoms with Gasteiger partial charge in [-0.25, -0.2) is 14.0 Å². The minimum atomic E-state index is -0.939. The number of hydrogen-bond donors (Lipinski definition) is 1. The molecule has 0 bridgehead atoms. The number of aromatic nitrogens is 2. The quantitative estimate of drug-likeness (QED) is 0.178. The molecule has 0 fully saturated rings. The summed E-state index contributed by atoms with van der Waals surface area (Å²) in [6, 6.07) is 28.2. The molecule has 0 aliphatic heterocycles. The second-order valence-electron chi connectivity index (χ2n) is 13.5. The largest absolute Gasteiger partial charge is 0.478 e. The van der Waals surface area contributed by atoms with Crippen molar-refractivity contribution in [2.24, 2.45) is 0 Å². The lowest BCUT2D eigenvalue weighted by Crippen LogP contribution is -2.38. The number of ether oxygens (including phenoxy) is 1. The second kappa shape index (κ2) is 11.8. The molecule has 1 atom stereocenters. The fraction of sp³-hybridized carbons (Fsp3) is 0.268. The summed E-state index contributed by atoms with van der Waals surface area (Å²) in [5, 5.41) is 11.9. The third-order valence-corrected chi connectivity index (χ3v) is 10.5. The van der Waals surface area contributed by atoms with Crippen LogP contribution in [0.4, 0.5) is 4.39 Å². The van der Waals surface area contributed by atoms with Gasteiger partial charge in [0.2, 0.25) is 0 Å². The molecular weight excluding hydrogens is 603 g/mol. The van der Waals surface area contributed by atoms with Crippen LogP contribution in [-0.2, 0) is 43.5 Å². The van der Waals surface area contributed by atoms with E-state index < -0.39 is 11.6 Å². The molecule has 48 heavy (non-hydrogen) atoms. The average molecular weight is 641 g/mol. The van der Waals surface area contributed by atoms with E-state index in [2.05, 4.69) is 21.3 Å². The van der Waals surface area contributed by atoms with Crippen molar-refractivity contribution in [2.45, 2.75) is 70.6 Å². The Balaban J connectivity index is 1.10. The summed E-state index contributed by atoms with van der Waals surface area (Å²) >= 11 is 0. The molecule has 1 unspecified atom stereocenters. The van der Waals surface area contributed by atoms with E-state index in [9.17, 15) is 14.7 Å². The van der Waals surface area contributed by atoms with E-state index in [0.29, 0.717) is 49.0 Å². The molecule has 1 N–H and O–H groups in total. The summed E-state index contributed by atoms with van der Waals surface area (Å²) in [5.41, 5.74) is 7.95. The SMILES string of the molecule is CC1(OC(=O)c2ccccc2Cn2c3c(c4cccc(F)c42)CCCC3)CCc2c(c3ccccc3n2Cc2ccccc2C(=O)O)C1. The van der Waals surface area contributed by atoms with E-state index in [1.807, 2.05) is 61.5 Å². The van der Waals surface area contributed by atoms with Crippen LogP contribution in [0.1, 0.15) is 80.5 Å². The van der Waals surface area contributed by atoms with Crippen LogP contribution in [0.15, 0.2) is 91.0 Å². The van der Waals surface area contributed by atoms with Gasteiger partial charge in [0.05, 0.1) is 16.6 Å². The van der Waals surface area contributed by atoms with Gasteiger partial charge >= 0.3 is 11.9 Å². The van der Waals surface area contributed by atoms with Gasteiger partial charge in [-0.15, -0.1) is 0 Å². The molecule has 2 aliphatic rings. The van der Waals surface area contributed by atoms with Gasteiger partial charge in [-0.05, 0) is 92.0 Å². The zero-order chi connectivity index (χ0) is 33.0. The molecule has 4 aromatic carbocycles. The second-order valence-corrected chi connectivity index (χ2v) is 13.5. The first kappa shape index (κ1) is 30.2. The van der Waals surface area contributed by atoms with Crippen LogP contribution in [0.5, 0.6) is 0 Å². The van der Waals surface area contributed by atoms with Gasteiger partial charge in [0.15, 0.2) is 0 Å². The fourth-order valence-corrected chi connectivity index (χ4v) is 8.19. The normalized spacial score (nSPS) is 17.3. The van der Waals surface area contributed by atoms with Crippen LogP contribution in [0.2, 0.25) is 0 Å². The monoisotopic (exact) mass is 640 g/mol. The number of carboxylic acids is 1. The van der Waals surface area contributed by atoms with E-state index in [-0.39, 0.29) is 11.8 Å². The van der Waals surface area contributed by atoms with Crippen molar-refractivity contribution >= 4 is 33.7 Å². The number of hydrogen-bond acceptors (Lipinski definition) is 3. The fourth-order valence-electron chi connectivity index (χ4n) is 8.19. The number of fused-ring (bicyclic) bond motifs is 6. The van der Waals surface area contributed by atoms with E-state index in [0.717, 1.165) is 64.4 Å². The van der Waals surface area contributed by atoms with Crippen LogP contribution in [0, 0.1) is 5.82 Å². The number of carbonyl (C=O) groups is 2. The predicted molar refractivity (Wildman–Crippen MR) is 184 cm³/mol. The summed E-state index contributed by atoms with van der Waals surface area (Å²) in [6.07, 6.45) is 5.86. The number of aromatic carboxylic acids is 1. The molecule has 0 spiro atoms. The molecule has 0 radical (unpaired) electrons. The van der Waals surface area contributed by atoms with Crippen molar-refractivity contribution in [3.63, 3.8) is 0 Å². The number of para-hydroxylation sites is 2. The minimum absolute atomic E-state index is 0.238. The van der Waals surface area contributed by atoms with Crippen LogP contribution in [0.3, 0.4) is 0 Å². The van der Waals surface area contributed by atoms with E-state index in [4.69, 9.17) is 4.74 Å². The maximum atomic E-state index is 15.3. The zero-order valence-corrected chi connectivity index (χ0v) is 27.0. The van der Waals surface area contributed by atoms with Crippen LogP contribution in [-0.4, -0.2) is 31.8 Å². The van der Waals surface area contributed by atoms with Crippen LogP contribution in [0.25, 0.3) is 21.8 Å². The van der Waals surface area contributed by atoms with Crippen molar-refractivity contribution in [1.82, 2.24) is 9.13 Å². The Hall–Kier alpha value is -5.17. The zero-order valence-electron chi connectivity index (χ0n) is 27.0. The first-order valence-corrected chi connectivity index (χ1v) is 16.8. The standard InChI is InChI=1S/C41H37FN2O4/c1-41(22-21-37-33(23-41)31-16-7-8-19-35(31)43(37)24-26-11-2-4-13-28(26)39(45)46)48-40(47)29-14-5-3-12-27(29)25-44-36-20-9-6-15-30(36)32-17-10-18-34(42)38(32)44/h2-5,7-8,10-14,16-19H,6,9,15,20-25H2,1H3,(H,45,46). The highest BCUT2D eigenvalue weighted by atomic mass is 19.1. The maximum absolute atomic E-state index is 15.3. The Labute approximate surface area is 278 Å². The van der Waals surface area contributed by atoms with E-state index >= 15 is 4.39 Å². The molecule has 2 aromatic heterocycles. The molecule has 0 saturated carbocycles.